The van der Waals surface area contributed by atoms with Crippen molar-refractivity contribution in [1.82, 2.24) is 0 Å². The molecular formula is C72H70BN3O. The molecule has 1 aromatic heterocycles. The number of furan rings is 1. The quantitative estimate of drug-likeness (QED) is 0.148. The van der Waals surface area contributed by atoms with Crippen LogP contribution in [0, 0.1) is 0 Å². The van der Waals surface area contributed by atoms with E-state index in [1.54, 1.807) is 0 Å². The summed E-state index contributed by atoms with van der Waals surface area (Å²) < 4.78 is 7.45. The number of anilines is 9. The van der Waals surface area contributed by atoms with Gasteiger partial charge in [-0.3, -0.25) is 0 Å². The Morgan fingerprint density at radius 2 is 0.792 bits per heavy atom. The molecule has 0 saturated heterocycles. The van der Waals surface area contributed by atoms with Crippen LogP contribution in [-0.2, 0) is 21.7 Å². The van der Waals surface area contributed by atoms with Crippen molar-refractivity contribution in [3.8, 4) is 22.3 Å². The number of fused-ring (bicyclic) bond motifs is 6. The van der Waals surface area contributed by atoms with E-state index in [9.17, 15) is 0 Å². The third-order valence-electron chi connectivity index (χ3n) is 16.1. The zero-order valence-corrected chi connectivity index (χ0v) is 47.0. The van der Waals surface area contributed by atoms with Crippen molar-refractivity contribution in [2.75, 3.05) is 14.7 Å². The number of hydrogen-bond donors (Lipinski definition) is 0. The van der Waals surface area contributed by atoms with Gasteiger partial charge in [0.15, 0.2) is 0 Å². The largest absolute Gasteiger partial charge is 0.468 e. The normalized spacial score (nSPS) is 13.4. The Hall–Kier alpha value is -8.02. The summed E-state index contributed by atoms with van der Waals surface area (Å²) in [6.45, 7) is 27.2. The van der Waals surface area contributed by atoms with Gasteiger partial charge in [-0.1, -0.05) is 204 Å². The molecule has 4 nitrogen and oxygen atoms in total. The molecule has 0 unspecified atom stereocenters. The lowest BCUT2D eigenvalue weighted by molar-refractivity contribution is 0.590. The summed E-state index contributed by atoms with van der Waals surface area (Å²) in [5.41, 5.74) is 23.9. The van der Waals surface area contributed by atoms with Crippen molar-refractivity contribution in [2.45, 2.75) is 105 Å². The summed E-state index contributed by atoms with van der Waals surface area (Å²) >= 11 is 0. The van der Waals surface area contributed by atoms with E-state index in [4.69, 9.17) is 4.42 Å². The fourth-order valence-electron chi connectivity index (χ4n) is 11.6. The Morgan fingerprint density at radius 3 is 1.27 bits per heavy atom. The van der Waals surface area contributed by atoms with Crippen LogP contribution in [0.4, 0.5) is 51.2 Å². The molecule has 0 fully saturated rings. The number of hydrogen-bond acceptors (Lipinski definition) is 4. The van der Waals surface area contributed by atoms with Gasteiger partial charge in [0, 0.05) is 50.9 Å². The maximum Gasteiger partial charge on any atom is 0.297 e. The van der Waals surface area contributed by atoms with Gasteiger partial charge in [-0.25, -0.2) is 0 Å². The number of rotatable bonds is 7. The Balaban J connectivity index is 1.17. The zero-order valence-electron chi connectivity index (χ0n) is 47.0. The molecule has 10 aromatic rings. The van der Waals surface area contributed by atoms with E-state index in [1.807, 2.05) is 0 Å². The lowest BCUT2D eigenvalue weighted by atomic mass is 9.35. The topological polar surface area (TPSA) is 22.9 Å². The van der Waals surface area contributed by atoms with Crippen molar-refractivity contribution in [1.29, 1.82) is 0 Å². The molecule has 0 radical (unpaired) electrons. The number of nitrogens with zero attached hydrogens (tertiary/aromatic N) is 3. The van der Waals surface area contributed by atoms with Gasteiger partial charge in [-0.05, 0) is 162 Å². The first-order valence-corrected chi connectivity index (χ1v) is 27.5. The molecule has 0 bridgehead atoms. The van der Waals surface area contributed by atoms with Gasteiger partial charge in [-0.15, -0.1) is 0 Å². The second-order valence-electron chi connectivity index (χ2n) is 25.6. The molecule has 12 rings (SSSR count). The van der Waals surface area contributed by atoms with Crippen LogP contribution >= 0.6 is 0 Å². The molecular weight excluding hydrogens is 934 g/mol. The summed E-state index contributed by atoms with van der Waals surface area (Å²) in [4.78, 5) is 7.48. The first-order valence-electron chi connectivity index (χ1n) is 27.5. The molecule has 5 heteroatoms. The summed E-state index contributed by atoms with van der Waals surface area (Å²) in [5.74, 6) is 0. The van der Waals surface area contributed by atoms with E-state index in [-0.39, 0.29) is 28.4 Å². The molecule has 77 heavy (non-hydrogen) atoms. The van der Waals surface area contributed by atoms with E-state index in [0.717, 1.165) is 84.5 Å². The summed E-state index contributed by atoms with van der Waals surface area (Å²) in [5, 5.41) is 1.08. The van der Waals surface area contributed by atoms with Crippen LogP contribution < -0.4 is 31.3 Å². The maximum atomic E-state index is 7.45. The summed E-state index contributed by atoms with van der Waals surface area (Å²) in [6, 6.07) is 77.3. The van der Waals surface area contributed by atoms with E-state index in [2.05, 4.69) is 304 Å². The second-order valence-corrected chi connectivity index (χ2v) is 25.6. The van der Waals surface area contributed by atoms with Crippen molar-refractivity contribution >= 4 is 85.5 Å². The lowest BCUT2D eigenvalue weighted by Crippen LogP contribution is -2.61. The van der Waals surface area contributed by atoms with E-state index in [1.165, 1.54) is 38.7 Å². The monoisotopic (exact) mass is 1000 g/mol. The van der Waals surface area contributed by atoms with Crippen LogP contribution in [0.5, 0.6) is 0 Å². The van der Waals surface area contributed by atoms with E-state index in [0.29, 0.717) is 0 Å². The van der Waals surface area contributed by atoms with Crippen LogP contribution in [0.3, 0.4) is 0 Å². The Labute approximate surface area is 457 Å². The fourth-order valence-corrected chi connectivity index (χ4v) is 11.6. The molecule has 0 saturated carbocycles. The lowest BCUT2D eigenvalue weighted by Gasteiger charge is -2.43. The summed E-state index contributed by atoms with van der Waals surface area (Å²) in [7, 11) is 0. The van der Waals surface area contributed by atoms with Crippen molar-refractivity contribution in [2.24, 2.45) is 0 Å². The van der Waals surface area contributed by atoms with Gasteiger partial charge in [0.05, 0.1) is 11.3 Å². The molecule has 2 aliphatic rings. The van der Waals surface area contributed by atoms with Crippen LogP contribution in [-0.4, -0.2) is 6.71 Å². The zero-order chi connectivity index (χ0) is 53.8. The standard InChI is InChI=1S/C72H70BN3O/c1-69(2,3)51-24-32-55(33-25-51)74(56-34-26-52(27-35-56)70(4,5)6)59-40-41-61-62(46-59)75(57-36-28-53(29-37-57)71(7,8)9)63-44-50(48-21-17-14-18-22-48)45-64-66(63)73(61)68-67(76(64)58-38-30-54(31-39-58)72(10,11)12)60-43-49(23-42-65(60)77-68)47-19-15-13-16-20-47/h13-46H,1-12H3. The molecule has 9 aromatic carbocycles. The van der Waals surface area contributed by atoms with Crippen LogP contribution in [0.2, 0.25) is 0 Å². The molecule has 0 spiro atoms. The first kappa shape index (κ1) is 49.8. The average Bonchev–Trinajstić information content (AvgIpc) is 3.98. The summed E-state index contributed by atoms with van der Waals surface area (Å²) in [6.07, 6.45) is 0. The fraction of sp³-hybridized carbons (Fsp3) is 0.222. The third-order valence-corrected chi connectivity index (χ3v) is 16.1. The molecule has 382 valence electrons. The smallest absolute Gasteiger partial charge is 0.297 e. The molecule has 0 atom stereocenters. The Morgan fingerprint density at radius 1 is 0.364 bits per heavy atom. The molecule has 0 N–H and O–H groups in total. The van der Waals surface area contributed by atoms with Crippen molar-refractivity contribution < 1.29 is 4.42 Å². The van der Waals surface area contributed by atoms with E-state index >= 15 is 0 Å². The molecule has 0 amide bonds. The highest BCUT2D eigenvalue weighted by atomic mass is 16.3. The first-order chi connectivity index (χ1) is 36.7. The van der Waals surface area contributed by atoms with Gasteiger partial charge in [0.25, 0.3) is 6.71 Å². The van der Waals surface area contributed by atoms with Crippen molar-refractivity contribution in [3.05, 3.63) is 229 Å². The average molecular weight is 1000 g/mol. The Bertz CT molecular complexity index is 3750. The molecule has 3 heterocycles. The minimum Gasteiger partial charge on any atom is -0.468 e. The Kier molecular flexibility index (Phi) is 11.9. The maximum absolute atomic E-state index is 7.45. The van der Waals surface area contributed by atoms with Crippen LogP contribution in [0.25, 0.3) is 33.2 Å². The van der Waals surface area contributed by atoms with Crippen molar-refractivity contribution in [3.63, 3.8) is 0 Å². The van der Waals surface area contributed by atoms with E-state index < -0.39 is 0 Å². The molecule has 2 aliphatic heterocycles. The van der Waals surface area contributed by atoms with Crippen LogP contribution in [0.15, 0.2) is 211 Å². The van der Waals surface area contributed by atoms with Gasteiger partial charge >= 0.3 is 0 Å². The van der Waals surface area contributed by atoms with Crippen LogP contribution in [0.1, 0.15) is 105 Å². The minimum atomic E-state index is -0.239. The van der Waals surface area contributed by atoms with Gasteiger partial charge in [0.1, 0.15) is 5.58 Å². The number of benzene rings is 9. The van der Waals surface area contributed by atoms with Gasteiger partial charge < -0.3 is 19.1 Å². The predicted molar refractivity (Wildman–Crippen MR) is 331 cm³/mol. The highest BCUT2D eigenvalue weighted by molar-refractivity contribution is 7.00. The van der Waals surface area contributed by atoms with Gasteiger partial charge in [0.2, 0.25) is 0 Å². The predicted octanol–water partition coefficient (Wildman–Crippen LogP) is 18.5. The molecule has 0 aliphatic carbocycles. The third kappa shape index (κ3) is 8.94. The van der Waals surface area contributed by atoms with Gasteiger partial charge in [-0.2, -0.15) is 0 Å². The highest BCUT2D eigenvalue weighted by Gasteiger charge is 2.47. The minimum absolute atomic E-state index is 0.0110. The SMILES string of the molecule is CC(C)(C)c1ccc(N(c2ccc(C(C)(C)C)cc2)c2ccc3c(c2)N(c2ccc(C(C)(C)C)cc2)c2cc(-c4ccccc4)cc4c2B3c2oc3ccc(-c5ccccc5)cc3c2N4c2ccc(C(C)(C)C)cc2)cc1. The second kappa shape index (κ2) is 18.3. The highest BCUT2D eigenvalue weighted by Crippen LogP contribution is 2.50.